The van der Waals surface area contributed by atoms with Crippen LogP contribution in [0.3, 0.4) is 0 Å². The van der Waals surface area contributed by atoms with Gasteiger partial charge in [0.05, 0.1) is 21.7 Å². The lowest BCUT2D eigenvalue weighted by Gasteiger charge is -2.07. The fraction of sp³-hybridized carbons (Fsp3) is 0.188. The monoisotopic (exact) mass is 315 g/mol. The third-order valence-electron chi connectivity index (χ3n) is 3.22. The fourth-order valence-corrected chi connectivity index (χ4v) is 2.81. The Kier molecular flexibility index (Phi) is 3.54. The number of hydrogen-bond acceptors (Lipinski definition) is 6. The van der Waals surface area contributed by atoms with Gasteiger partial charge in [-0.3, -0.25) is 9.59 Å². The molecule has 22 heavy (non-hydrogen) atoms. The molecule has 1 aromatic carbocycles. The van der Waals surface area contributed by atoms with Crippen LogP contribution < -0.4 is 10.2 Å². The average molecular weight is 315 g/mol. The van der Waals surface area contributed by atoms with Crippen molar-refractivity contribution in [2.75, 3.05) is 0 Å². The van der Waals surface area contributed by atoms with Crippen LogP contribution >= 0.6 is 11.3 Å². The van der Waals surface area contributed by atoms with Crippen molar-refractivity contribution in [2.45, 2.75) is 20.8 Å². The van der Waals surface area contributed by atoms with E-state index in [0.717, 1.165) is 5.01 Å². The standard InChI is InChI=1S/C16H13NO4S/c1-8-4-11-15(5-14(8)21-10(3)18)20-6-12(16(11)19)13-7-22-9(2)17-13/h4-7H,1-3H3. The molecule has 0 unspecified atom stereocenters. The van der Waals surface area contributed by atoms with Crippen molar-refractivity contribution < 1.29 is 13.9 Å². The quantitative estimate of drug-likeness (QED) is 0.535. The summed E-state index contributed by atoms with van der Waals surface area (Å²) >= 11 is 1.48. The van der Waals surface area contributed by atoms with Crippen LogP contribution in [0.5, 0.6) is 5.75 Å². The predicted molar refractivity (Wildman–Crippen MR) is 84.4 cm³/mol. The van der Waals surface area contributed by atoms with E-state index < -0.39 is 5.97 Å². The molecule has 6 heteroatoms. The molecule has 5 nitrogen and oxygen atoms in total. The van der Waals surface area contributed by atoms with Gasteiger partial charge in [-0.1, -0.05) is 0 Å². The summed E-state index contributed by atoms with van der Waals surface area (Å²) in [5.41, 5.74) is 1.96. The lowest BCUT2D eigenvalue weighted by atomic mass is 10.1. The molecule has 0 spiro atoms. The third-order valence-corrected chi connectivity index (χ3v) is 3.99. The molecule has 0 radical (unpaired) electrons. The Morgan fingerprint density at radius 3 is 2.73 bits per heavy atom. The van der Waals surface area contributed by atoms with E-state index in [1.165, 1.54) is 24.5 Å². The molecular formula is C16H13NO4S. The zero-order valence-corrected chi connectivity index (χ0v) is 13.1. The van der Waals surface area contributed by atoms with Crippen LogP contribution in [0.4, 0.5) is 0 Å². The minimum absolute atomic E-state index is 0.149. The number of esters is 1. The smallest absolute Gasteiger partial charge is 0.308 e. The Hall–Kier alpha value is -2.47. The molecule has 0 fully saturated rings. The van der Waals surface area contributed by atoms with Crippen LogP contribution in [0.2, 0.25) is 0 Å². The van der Waals surface area contributed by atoms with E-state index in [-0.39, 0.29) is 5.43 Å². The van der Waals surface area contributed by atoms with E-state index in [2.05, 4.69) is 4.98 Å². The maximum absolute atomic E-state index is 12.6. The zero-order chi connectivity index (χ0) is 15.9. The summed E-state index contributed by atoms with van der Waals surface area (Å²) in [6, 6.07) is 3.23. The van der Waals surface area contributed by atoms with E-state index in [4.69, 9.17) is 9.15 Å². The molecule has 2 heterocycles. The van der Waals surface area contributed by atoms with E-state index in [0.29, 0.717) is 33.5 Å². The van der Waals surface area contributed by atoms with Crippen molar-refractivity contribution in [3.05, 3.63) is 44.6 Å². The summed E-state index contributed by atoms with van der Waals surface area (Å²) in [5.74, 6) is -0.0280. The molecule has 0 saturated carbocycles. The normalized spacial score (nSPS) is 10.9. The number of carbonyl (C=O) groups is 1. The first-order valence-electron chi connectivity index (χ1n) is 6.63. The van der Waals surface area contributed by atoms with Gasteiger partial charge in [-0.25, -0.2) is 4.98 Å². The van der Waals surface area contributed by atoms with Gasteiger partial charge in [-0.2, -0.15) is 0 Å². The fourth-order valence-electron chi connectivity index (χ4n) is 2.19. The summed E-state index contributed by atoms with van der Waals surface area (Å²) < 4.78 is 10.6. The maximum atomic E-state index is 12.6. The molecule has 0 amide bonds. The van der Waals surface area contributed by atoms with Gasteiger partial charge >= 0.3 is 5.97 Å². The van der Waals surface area contributed by atoms with Gasteiger partial charge in [-0.15, -0.1) is 11.3 Å². The number of fused-ring (bicyclic) bond motifs is 1. The largest absolute Gasteiger partial charge is 0.463 e. The summed E-state index contributed by atoms with van der Waals surface area (Å²) in [7, 11) is 0. The van der Waals surface area contributed by atoms with Crippen molar-refractivity contribution in [3.63, 3.8) is 0 Å². The van der Waals surface area contributed by atoms with Crippen LogP contribution in [-0.2, 0) is 4.79 Å². The van der Waals surface area contributed by atoms with Gasteiger partial charge in [0.2, 0.25) is 5.43 Å². The molecule has 0 saturated heterocycles. The van der Waals surface area contributed by atoms with Gasteiger partial charge in [0.15, 0.2) is 0 Å². The summed E-state index contributed by atoms with van der Waals surface area (Å²) in [4.78, 5) is 28.0. The predicted octanol–water partition coefficient (Wildman–Crippen LogP) is 3.46. The van der Waals surface area contributed by atoms with Gasteiger partial charge in [0.25, 0.3) is 0 Å². The van der Waals surface area contributed by atoms with E-state index in [1.54, 1.807) is 19.1 Å². The maximum Gasteiger partial charge on any atom is 0.308 e. The number of rotatable bonds is 2. The Bertz CT molecular complexity index is 939. The summed E-state index contributed by atoms with van der Waals surface area (Å²) in [6.45, 7) is 4.98. The molecule has 2 aromatic heterocycles. The lowest BCUT2D eigenvalue weighted by molar-refractivity contribution is -0.131. The second-order valence-corrected chi connectivity index (χ2v) is 6.00. The van der Waals surface area contributed by atoms with Crippen molar-refractivity contribution in [1.29, 1.82) is 0 Å². The summed E-state index contributed by atoms with van der Waals surface area (Å²) in [6.07, 6.45) is 1.39. The highest BCUT2D eigenvalue weighted by atomic mass is 32.1. The Morgan fingerprint density at radius 2 is 2.09 bits per heavy atom. The lowest BCUT2D eigenvalue weighted by Crippen LogP contribution is -2.07. The number of aryl methyl sites for hydroxylation is 2. The van der Waals surface area contributed by atoms with Gasteiger partial charge in [-0.05, 0) is 25.5 Å². The Balaban J connectivity index is 2.20. The minimum Gasteiger partial charge on any atom is -0.463 e. The molecule has 0 aliphatic heterocycles. The molecule has 0 aliphatic rings. The first kappa shape index (κ1) is 14.5. The number of aromatic nitrogens is 1. The molecule has 0 aliphatic carbocycles. The second-order valence-electron chi connectivity index (χ2n) is 4.94. The highest BCUT2D eigenvalue weighted by Crippen LogP contribution is 2.27. The summed E-state index contributed by atoms with van der Waals surface area (Å²) in [5, 5.41) is 3.15. The van der Waals surface area contributed by atoms with E-state index in [1.807, 2.05) is 12.3 Å². The SMILES string of the molecule is CC(=O)Oc1cc2occ(-c3csc(C)n3)c(=O)c2cc1C. The topological polar surface area (TPSA) is 69.4 Å². The molecule has 112 valence electrons. The average Bonchev–Trinajstić information content (AvgIpc) is 2.87. The third kappa shape index (κ3) is 2.53. The number of benzene rings is 1. The van der Waals surface area contributed by atoms with Gasteiger partial charge in [0, 0.05) is 18.4 Å². The van der Waals surface area contributed by atoms with Crippen molar-refractivity contribution in [1.82, 2.24) is 4.98 Å². The van der Waals surface area contributed by atoms with Crippen LogP contribution in [0.25, 0.3) is 22.2 Å². The highest BCUT2D eigenvalue weighted by Gasteiger charge is 2.14. The van der Waals surface area contributed by atoms with Gasteiger partial charge in [0.1, 0.15) is 17.6 Å². The molecule has 0 N–H and O–H groups in total. The van der Waals surface area contributed by atoms with Crippen molar-refractivity contribution in [2.24, 2.45) is 0 Å². The number of ether oxygens (including phenoxy) is 1. The van der Waals surface area contributed by atoms with Crippen molar-refractivity contribution in [3.8, 4) is 17.0 Å². The van der Waals surface area contributed by atoms with Crippen LogP contribution in [0, 0.1) is 13.8 Å². The molecule has 3 rings (SSSR count). The molecule has 3 aromatic rings. The van der Waals surface area contributed by atoms with Crippen LogP contribution in [0.15, 0.2) is 33.0 Å². The molecular weight excluding hydrogens is 302 g/mol. The number of hydrogen-bond donors (Lipinski definition) is 0. The molecule has 0 bridgehead atoms. The van der Waals surface area contributed by atoms with Crippen LogP contribution in [-0.4, -0.2) is 11.0 Å². The first-order valence-corrected chi connectivity index (χ1v) is 7.51. The van der Waals surface area contributed by atoms with E-state index >= 15 is 0 Å². The number of nitrogens with zero attached hydrogens (tertiary/aromatic N) is 1. The highest BCUT2D eigenvalue weighted by molar-refractivity contribution is 7.09. The number of carbonyl (C=O) groups excluding carboxylic acids is 1. The first-order chi connectivity index (χ1) is 10.5. The van der Waals surface area contributed by atoms with Crippen molar-refractivity contribution >= 4 is 28.3 Å². The second kappa shape index (κ2) is 5.38. The van der Waals surface area contributed by atoms with E-state index in [9.17, 15) is 9.59 Å². The minimum atomic E-state index is -0.417. The number of thiazole rings is 1. The zero-order valence-electron chi connectivity index (χ0n) is 12.3. The Morgan fingerprint density at radius 1 is 1.32 bits per heavy atom. The van der Waals surface area contributed by atoms with Crippen LogP contribution in [0.1, 0.15) is 17.5 Å². The molecule has 0 atom stereocenters. The van der Waals surface area contributed by atoms with Gasteiger partial charge < -0.3 is 9.15 Å². The Labute approximate surface area is 130 Å².